The van der Waals surface area contributed by atoms with Gasteiger partial charge in [0.05, 0.1) is 12.6 Å². The van der Waals surface area contributed by atoms with Crippen LogP contribution in [0.5, 0.6) is 5.75 Å². The van der Waals surface area contributed by atoms with Crippen LogP contribution >= 0.6 is 24.0 Å². The Labute approximate surface area is 156 Å². The molecular weight excluding hydrogens is 401 g/mol. The lowest BCUT2D eigenvalue weighted by Crippen LogP contribution is -2.38. The highest BCUT2D eigenvalue weighted by molar-refractivity contribution is 14.0. The van der Waals surface area contributed by atoms with Gasteiger partial charge in [0.25, 0.3) is 0 Å². The molecule has 0 saturated heterocycles. The van der Waals surface area contributed by atoms with Gasteiger partial charge in [-0.1, -0.05) is 38.0 Å². The molecule has 1 aliphatic heterocycles. The highest BCUT2D eigenvalue weighted by atomic mass is 127. The fourth-order valence-electron chi connectivity index (χ4n) is 3.72. The zero-order valence-corrected chi connectivity index (χ0v) is 16.2. The molecule has 1 aliphatic carbocycles. The summed E-state index contributed by atoms with van der Waals surface area (Å²) in [5.74, 6) is 1.53. The minimum absolute atomic E-state index is 0. The van der Waals surface area contributed by atoms with Crippen molar-refractivity contribution in [3.8, 4) is 5.75 Å². The molecule has 1 atom stereocenters. The molecule has 128 valence electrons. The number of rotatable bonds is 4. The van der Waals surface area contributed by atoms with Crippen molar-refractivity contribution in [1.82, 2.24) is 5.32 Å². The van der Waals surface area contributed by atoms with E-state index in [0.717, 1.165) is 25.3 Å². The first-order valence-corrected chi connectivity index (χ1v) is 8.51. The number of halogens is 1. The van der Waals surface area contributed by atoms with Crippen molar-refractivity contribution in [2.24, 2.45) is 16.1 Å². The largest absolute Gasteiger partial charge is 0.493 e. The van der Waals surface area contributed by atoms with Gasteiger partial charge in [0, 0.05) is 18.5 Å². The number of hydrogen-bond acceptors (Lipinski definition) is 2. The van der Waals surface area contributed by atoms with Crippen molar-refractivity contribution in [3.05, 3.63) is 29.8 Å². The maximum absolute atomic E-state index is 6.15. The van der Waals surface area contributed by atoms with Gasteiger partial charge in [-0.3, -0.25) is 4.99 Å². The summed E-state index contributed by atoms with van der Waals surface area (Å²) in [6, 6.07) is 8.37. The predicted octanol–water partition coefficient (Wildman–Crippen LogP) is 4.00. The summed E-state index contributed by atoms with van der Waals surface area (Å²) in [6.07, 6.45) is 7.38. The van der Waals surface area contributed by atoms with E-state index in [1.54, 1.807) is 0 Å². The Bertz CT molecular complexity index is 541. The first-order chi connectivity index (χ1) is 10.7. The standard InChI is InChI=1S/C18H27N3O.HI/c1-2-18(10-5-6-11-18)13-20-17(19)21-15-9-12-22-16-8-4-3-7-14(15)16;/h3-4,7-8,15H,2,5-6,9-13H2,1H3,(H3,19,20,21);1H. The van der Waals surface area contributed by atoms with E-state index in [2.05, 4.69) is 23.3 Å². The third kappa shape index (κ3) is 4.31. The zero-order chi connectivity index (χ0) is 15.4. The summed E-state index contributed by atoms with van der Waals surface area (Å²) in [5.41, 5.74) is 7.72. The number of hydrogen-bond donors (Lipinski definition) is 2. The second kappa shape index (κ2) is 8.22. The molecule has 0 radical (unpaired) electrons. The Balaban J connectivity index is 0.00000192. The molecule has 4 nitrogen and oxygen atoms in total. The van der Waals surface area contributed by atoms with Crippen molar-refractivity contribution in [2.75, 3.05) is 13.2 Å². The van der Waals surface area contributed by atoms with E-state index in [0.29, 0.717) is 11.4 Å². The smallest absolute Gasteiger partial charge is 0.189 e. The fraction of sp³-hybridized carbons (Fsp3) is 0.611. The lowest BCUT2D eigenvalue weighted by molar-refractivity contribution is 0.261. The van der Waals surface area contributed by atoms with Crippen molar-refractivity contribution >= 4 is 29.9 Å². The Morgan fingerprint density at radius 3 is 2.83 bits per heavy atom. The molecule has 1 saturated carbocycles. The maximum Gasteiger partial charge on any atom is 0.189 e. The number of ether oxygens (including phenoxy) is 1. The molecule has 3 N–H and O–H groups in total. The molecule has 1 heterocycles. The third-order valence-electron chi connectivity index (χ3n) is 5.28. The van der Waals surface area contributed by atoms with Crippen LogP contribution in [0.4, 0.5) is 0 Å². The van der Waals surface area contributed by atoms with Crippen LogP contribution in [-0.4, -0.2) is 19.1 Å². The van der Waals surface area contributed by atoms with E-state index >= 15 is 0 Å². The van der Waals surface area contributed by atoms with Crippen molar-refractivity contribution in [3.63, 3.8) is 0 Å². The fourth-order valence-corrected chi connectivity index (χ4v) is 3.72. The molecule has 0 amide bonds. The average molecular weight is 429 g/mol. The molecule has 3 rings (SSSR count). The van der Waals surface area contributed by atoms with Gasteiger partial charge in [0.1, 0.15) is 5.75 Å². The Morgan fingerprint density at radius 2 is 2.09 bits per heavy atom. The molecule has 0 spiro atoms. The van der Waals surface area contributed by atoms with Crippen LogP contribution in [0.25, 0.3) is 0 Å². The van der Waals surface area contributed by atoms with E-state index < -0.39 is 0 Å². The second-order valence-corrected chi connectivity index (χ2v) is 6.63. The van der Waals surface area contributed by atoms with Gasteiger partial charge >= 0.3 is 0 Å². The Hall–Kier alpha value is -0.980. The summed E-state index contributed by atoms with van der Waals surface area (Å²) in [5, 5.41) is 3.39. The number of nitrogens with one attached hydrogen (secondary N) is 1. The summed E-state index contributed by atoms with van der Waals surface area (Å²) < 4.78 is 5.69. The van der Waals surface area contributed by atoms with Gasteiger partial charge in [-0.05, 0) is 30.7 Å². The van der Waals surface area contributed by atoms with Gasteiger partial charge in [-0.15, -0.1) is 24.0 Å². The Kier molecular flexibility index (Phi) is 6.56. The van der Waals surface area contributed by atoms with Crippen LogP contribution in [0, 0.1) is 5.41 Å². The molecular formula is C18H28IN3O. The number of benzene rings is 1. The van der Waals surface area contributed by atoms with Crippen molar-refractivity contribution in [1.29, 1.82) is 0 Å². The SMILES string of the molecule is CCC1(CN=C(N)NC2CCOc3ccccc32)CCCC1.I. The van der Waals surface area contributed by atoms with Gasteiger partial charge < -0.3 is 15.8 Å². The molecule has 1 unspecified atom stereocenters. The molecule has 0 aromatic heterocycles. The zero-order valence-electron chi connectivity index (χ0n) is 13.9. The van der Waals surface area contributed by atoms with Gasteiger partial charge in [-0.2, -0.15) is 0 Å². The van der Waals surface area contributed by atoms with Crippen LogP contribution in [-0.2, 0) is 0 Å². The van der Waals surface area contributed by atoms with Crippen LogP contribution < -0.4 is 15.8 Å². The first-order valence-electron chi connectivity index (χ1n) is 8.51. The predicted molar refractivity (Wildman–Crippen MR) is 106 cm³/mol. The highest BCUT2D eigenvalue weighted by Crippen LogP contribution is 2.41. The number of nitrogens with two attached hydrogens (primary N) is 1. The van der Waals surface area contributed by atoms with E-state index in [9.17, 15) is 0 Å². The molecule has 2 aliphatic rings. The van der Waals surface area contributed by atoms with E-state index in [4.69, 9.17) is 10.5 Å². The second-order valence-electron chi connectivity index (χ2n) is 6.63. The molecule has 5 heteroatoms. The number of guanidine groups is 1. The first kappa shape index (κ1) is 18.4. The van der Waals surface area contributed by atoms with Gasteiger partial charge in [-0.25, -0.2) is 0 Å². The summed E-state index contributed by atoms with van der Waals surface area (Å²) in [4.78, 5) is 4.66. The minimum Gasteiger partial charge on any atom is -0.493 e. The number of nitrogens with zero attached hydrogens (tertiary/aromatic N) is 1. The quantitative estimate of drug-likeness (QED) is 0.432. The molecule has 23 heavy (non-hydrogen) atoms. The number of fused-ring (bicyclic) bond motifs is 1. The van der Waals surface area contributed by atoms with Crippen molar-refractivity contribution in [2.45, 2.75) is 51.5 Å². The van der Waals surface area contributed by atoms with Crippen molar-refractivity contribution < 1.29 is 4.74 Å². The van der Waals surface area contributed by atoms with Crippen LogP contribution in [0.3, 0.4) is 0 Å². The van der Waals surface area contributed by atoms with E-state index in [1.165, 1.54) is 37.7 Å². The lowest BCUT2D eigenvalue weighted by atomic mass is 9.84. The summed E-state index contributed by atoms with van der Waals surface area (Å²) in [6.45, 7) is 3.85. The van der Waals surface area contributed by atoms with Crippen LogP contribution in [0.2, 0.25) is 0 Å². The third-order valence-corrected chi connectivity index (χ3v) is 5.28. The summed E-state index contributed by atoms with van der Waals surface area (Å²) >= 11 is 0. The van der Waals surface area contributed by atoms with E-state index in [-0.39, 0.29) is 30.0 Å². The highest BCUT2D eigenvalue weighted by Gasteiger charge is 2.31. The minimum atomic E-state index is 0. The number of aliphatic imine (C=N–C) groups is 1. The number of para-hydroxylation sites is 1. The van der Waals surface area contributed by atoms with Gasteiger partial charge in [0.2, 0.25) is 0 Å². The Morgan fingerprint density at radius 1 is 1.35 bits per heavy atom. The lowest BCUT2D eigenvalue weighted by Gasteiger charge is -2.28. The molecule has 1 fully saturated rings. The molecule has 0 bridgehead atoms. The monoisotopic (exact) mass is 429 g/mol. The molecule has 1 aromatic carbocycles. The topological polar surface area (TPSA) is 59.6 Å². The normalized spacial score (nSPS) is 22.7. The van der Waals surface area contributed by atoms with Gasteiger partial charge in [0.15, 0.2) is 5.96 Å². The van der Waals surface area contributed by atoms with E-state index in [1.807, 2.05) is 18.2 Å². The maximum atomic E-state index is 6.15. The van der Waals surface area contributed by atoms with Crippen LogP contribution in [0.15, 0.2) is 29.3 Å². The summed E-state index contributed by atoms with van der Waals surface area (Å²) in [7, 11) is 0. The molecule has 1 aromatic rings. The average Bonchev–Trinajstić information content (AvgIpc) is 3.03. The van der Waals surface area contributed by atoms with Crippen LogP contribution in [0.1, 0.15) is 57.1 Å².